The lowest BCUT2D eigenvalue weighted by molar-refractivity contribution is -0.138. The summed E-state index contributed by atoms with van der Waals surface area (Å²) < 4.78 is 28.7. The fourth-order valence-electron chi connectivity index (χ4n) is 7.73. The maximum absolute atomic E-state index is 14.3. The third-order valence-corrected chi connectivity index (χ3v) is 11.9. The van der Waals surface area contributed by atoms with E-state index in [0.29, 0.717) is 22.0 Å². The second kappa shape index (κ2) is 12.2. The number of sulfonamides is 1. The molecule has 0 unspecified atom stereocenters. The number of benzene rings is 3. The Labute approximate surface area is 277 Å². The molecule has 3 aliphatic heterocycles. The molecule has 9 nitrogen and oxygen atoms in total. The summed E-state index contributed by atoms with van der Waals surface area (Å²) >= 11 is 13.3. The first kappa shape index (κ1) is 31.1. The molecule has 0 bridgehead atoms. The van der Waals surface area contributed by atoms with E-state index in [1.807, 2.05) is 30.3 Å². The van der Waals surface area contributed by atoms with Gasteiger partial charge in [-0.2, -0.15) is 0 Å². The lowest BCUT2D eigenvalue weighted by Gasteiger charge is -2.56. The summed E-state index contributed by atoms with van der Waals surface area (Å²) in [6.07, 6.45) is 3.72. The fourth-order valence-corrected chi connectivity index (χ4v) is 10.1. The van der Waals surface area contributed by atoms with Crippen LogP contribution in [-0.2, 0) is 37.5 Å². The van der Waals surface area contributed by atoms with E-state index in [2.05, 4.69) is 10.4 Å². The summed E-state index contributed by atoms with van der Waals surface area (Å²) in [7, 11) is -3.47. The standard InChI is InChI=1S/C34H33Cl2N3O6S/c35-22-13-14-25(26(36)18-22)33-31(34(42)37-45-19-21-11-9-20(10-12-21)17-30(40)41)23-5-1-2-6-24(23)32-29-15-16-46(43,44)39(29)28-8-4-3-7-27(28)38(32)33/h1-2,5-6,9-14,18,27-28,31,33H,3-4,7-8,15-17,19H2,(H,37,42)(H,40,41)/t27-,28-,31+,33-/m0/s1. The number of carbonyl (C=O) groups excluding carboxylic acids is 1. The van der Waals surface area contributed by atoms with E-state index in [1.54, 1.807) is 40.7 Å². The zero-order chi connectivity index (χ0) is 32.2. The number of carboxylic acid groups (broad SMARTS) is 1. The Bertz CT molecular complexity index is 1850. The largest absolute Gasteiger partial charge is 0.481 e. The summed E-state index contributed by atoms with van der Waals surface area (Å²) in [6, 6.07) is 19.0. The van der Waals surface area contributed by atoms with Crippen LogP contribution < -0.4 is 5.48 Å². The lowest BCUT2D eigenvalue weighted by Crippen LogP contribution is -2.60. The van der Waals surface area contributed by atoms with Gasteiger partial charge in [0.25, 0.3) is 5.91 Å². The van der Waals surface area contributed by atoms with Crippen molar-refractivity contribution in [3.63, 3.8) is 0 Å². The molecule has 46 heavy (non-hydrogen) atoms. The Morgan fingerprint density at radius 3 is 2.39 bits per heavy atom. The third kappa shape index (κ3) is 5.45. The van der Waals surface area contributed by atoms with Gasteiger partial charge >= 0.3 is 5.97 Å². The molecule has 1 saturated carbocycles. The van der Waals surface area contributed by atoms with Crippen LogP contribution in [0.25, 0.3) is 5.70 Å². The molecule has 240 valence electrons. The number of hydrogen-bond acceptors (Lipinski definition) is 6. The van der Waals surface area contributed by atoms with Gasteiger partial charge in [-0.05, 0) is 47.2 Å². The molecule has 3 aromatic rings. The van der Waals surface area contributed by atoms with E-state index in [9.17, 15) is 18.0 Å². The van der Waals surface area contributed by atoms with Gasteiger partial charge in [-0.25, -0.2) is 13.9 Å². The van der Waals surface area contributed by atoms with Crippen LogP contribution >= 0.6 is 23.2 Å². The quantitative estimate of drug-likeness (QED) is 0.292. The van der Waals surface area contributed by atoms with E-state index >= 15 is 0 Å². The first-order valence-corrected chi connectivity index (χ1v) is 17.8. The van der Waals surface area contributed by atoms with E-state index in [0.717, 1.165) is 59.3 Å². The van der Waals surface area contributed by atoms with E-state index in [1.165, 1.54) is 0 Å². The highest BCUT2D eigenvalue weighted by Crippen LogP contribution is 2.57. The van der Waals surface area contributed by atoms with Crippen molar-refractivity contribution in [2.75, 3.05) is 5.75 Å². The summed E-state index contributed by atoms with van der Waals surface area (Å²) in [4.78, 5) is 33.4. The third-order valence-electron chi connectivity index (χ3n) is 9.57. The predicted molar refractivity (Wildman–Crippen MR) is 174 cm³/mol. The van der Waals surface area contributed by atoms with Crippen LogP contribution in [0.4, 0.5) is 0 Å². The maximum Gasteiger partial charge on any atom is 0.307 e. The van der Waals surface area contributed by atoms with Crippen molar-refractivity contribution in [2.24, 2.45) is 0 Å². The summed E-state index contributed by atoms with van der Waals surface area (Å²) in [5.74, 6) is -1.95. The van der Waals surface area contributed by atoms with Crippen molar-refractivity contribution in [2.45, 2.75) is 69.2 Å². The van der Waals surface area contributed by atoms with Crippen LogP contribution in [0.1, 0.15) is 71.9 Å². The average molecular weight is 683 g/mol. The minimum atomic E-state index is -3.47. The number of carbonyl (C=O) groups is 2. The zero-order valence-corrected chi connectivity index (χ0v) is 27.2. The number of nitrogens with one attached hydrogen (secondary N) is 1. The summed E-state index contributed by atoms with van der Waals surface area (Å²) in [6.45, 7) is 0.0797. The smallest absolute Gasteiger partial charge is 0.307 e. The molecule has 2 fully saturated rings. The van der Waals surface area contributed by atoms with Crippen molar-refractivity contribution in [1.82, 2.24) is 14.7 Å². The van der Waals surface area contributed by atoms with E-state index in [4.69, 9.17) is 33.1 Å². The average Bonchev–Trinajstić information content (AvgIpc) is 3.35. The molecule has 1 aliphatic carbocycles. The SMILES string of the molecule is O=C(O)Cc1ccc(CONC(=O)[C@@H]2c3ccccc3C3=C4CCS(=O)(=O)N4[C@H]4CCCC[C@@H]4N3[C@H]2c2ccc(Cl)cc2Cl)cc1. The number of hydroxylamine groups is 1. The van der Waals surface area contributed by atoms with Gasteiger partial charge in [0.1, 0.15) is 0 Å². The highest BCUT2D eigenvalue weighted by molar-refractivity contribution is 7.89. The minimum Gasteiger partial charge on any atom is -0.481 e. The second-order valence-corrected chi connectivity index (χ2v) is 15.1. The minimum absolute atomic E-state index is 0.0620. The molecule has 0 radical (unpaired) electrons. The van der Waals surface area contributed by atoms with Crippen molar-refractivity contribution >= 4 is 50.8 Å². The Kier molecular flexibility index (Phi) is 8.25. The molecule has 4 aliphatic rings. The molecular weight excluding hydrogens is 649 g/mol. The lowest BCUT2D eigenvalue weighted by atomic mass is 9.74. The molecule has 3 aromatic carbocycles. The molecule has 0 spiro atoms. The number of nitrogens with zero attached hydrogens (tertiary/aromatic N) is 2. The van der Waals surface area contributed by atoms with Gasteiger partial charge in [-0.1, -0.05) is 90.6 Å². The number of halogens is 2. The van der Waals surface area contributed by atoms with Crippen molar-refractivity contribution < 1.29 is 28.0 Å². The highest BCUT2D eigenvalue weighted by Gasteiger charge is 2.55. The Morgan fingerprint density at radius 2 is 1.65 bits per heavy atom. The second-order valence-electron chi connectivity index (χ2n) is 12.3. The number of hydrogen-bond donors (Lipinski definition) is 2. The van der Waals surface area contributed by atoms with Gasteiger partial charge in [-0.15, -0.1) is 0 Å². The van der Waals surface area contributed by atoms with Crippen LogP contribution in [0, 0.1) is 0 Å². The topological polar surface area (TPSA) is 116 Å². The Balaban J connectivity index is 1.31. The van der Waals surface area contributed by atoms with E-state index < -0.39 is 28.0 Å². The van der Waals surface area contributed by atoms with Crippen LogP contribution in [0.2, 0.25) is 10.0 Å². The Morgan fingerprint density at radius 1 is 0.935 bits per heavy atom. The molecular formula is C34H33Cl2N3O6S. The summed E-state index contributed by atoms with van der Waals surface area (Å²) in [5.41, 5.74) is 8.09. The molecule has 1 amide bonds. The molecule has 4 atom stereocenters. The molecule has 0 aromatic heterocycles. The van der Waals surface area contributed by atoms with Crippen LogP contribution in [0.15, 0.2) is 72.4 Å². The Hall–Kier alpha value is -3.57. The van der Waals surface area contributed by atoms with Gasteiger partial charge in [0.15, 0.2) is 0 Å². The first-order chi connectivity index (χ1) is 22.1. The maximum atomic E-state index is 14.3. The van der Waals surface area contributed by atoms with Gasteiger partial charge in [0.2, 0.25) is 10.0 Å². The first-order valence-electron chi connectivity index (χ1n) is 15.4. The number of amides is 1. The van der Waals surface area contributed by atoms with Crippen LogP contribution in [0.3, 0.4) is 0 Å². The molecule has 2 N–H and O–H groups in total. The summed E-state index contributed by atoms with van der Waals surface area (Å²) in [5, 5.41) is 9.95. The number of carboxylic acids is 1. The number of allylic oxidation sites excluding steroid dienone is 1. The van der Waals surface area contributed by atoms with Gasteiger partial charge in [-0.3, -0.25) is 18.7 Å². The zero-order valence-electron chi connectivity index (χ0n) is 24.9. The molecule has 12 heteroatoms. The monoisotopic (exact) mass is 681 g/mol. The molecule has 1 saturated heterocycles. The number of fused-ring (bicyclic) bond motifs is 7. The highest BCUT2D eigenvalue weighted by atomic mass is 35.5. The number of rotatable bonds is 7. The van der Waals surface area contributed by atoms with Crippen LogP contribution in [-0.4, -0.2) is 52.4 Å². The fraction of sp³-hybridized carbons (Fsp3) is 0.353. The van der Waals surface area contributed by atoms with Crippen molar-refractivity contribution in [3.05, 3.63) is 110 Å². The predicted octanol–water partition coefficient (Wildman–Crippen LogP) is 6.04. The van der Waals surface area contributed by atoms with Gasteiger partial charge in [0.05, 0.1) is 54.2 Å². The van der Waals surface area contributed by atoms with Crippen molar-refractivity contribution in [1.29, 1.82) is 0 Å². The molecule has 3 heterocycles. The van der Waals surface area contributed by atoms with Crippen LogP contribution in [0.5, 0.6) is 0 Å². The van der Waals surface area contributed by atoms with Gasteiger partial charge in [0, 0.05) is 22.0 Å². The van der Waals surface area contributed by atoms with Crippen molar-refractivity contribution in [3.8, 4) is 0 Å². The molecule has 7 rings (SSSR count). The van der Waals surface area contributed by atoms with E-state index in [-0.39, 0.29) is 36.8 Å². The van der Waals surface area contributed by atoms with Gasteiger partial charge < -0.3 is 10.0 Å². The normalized spacial score (nSPS) is 24.5. The number of aliphatic carboxylic acids is 1.